The zero-order valence-corrected chi connectivity index (χ0v) is 11.8. The van der Waals surface area contributed by atoms with Gasteiger partial charge in [0.05, 0.1) is 5.60 Å². The highest BCUT2D eigenvalue weighted by Gasteiger charge is 2.27. The van der Waals surface area contributed by atoms with E-state index < -0.39 is 11.4 Å². The second-order valence-corrected chi connectivity index (χ2v) is 5.51. The monoisotopic (exact) mass is 298 g/mol. The molecule has 1 unspecified atom stereocenters. The molecule has 2 aromatic rings. The molecule has 0 radical (unpaired) electrons. The van der Waals surface area contributed by atoms with Gasteiger partial charge in [-0.2, -0.15) is 0 Å². The van der Waals surface area contributed by atoms with Gasteiger partial charge in [-0.05, 0) is 30.7 Å². The molecule has 4 heteroatoms. The summed E-state index contributed by atoms with van der Waals surface area (Å²) < 4.78 is 13.8. The minimum absolute atomic E-state index is 0.125. The summed E-state index contributed by atoms with van der Waals surface area (Å²) in [6.07, 6.45) is 0.125. The summed E-state index contributed by atoms with van der Waals surface area (Å²) in [7, 11) is 0. The summed E-state index contributed by atoms with van der Waals surface area (Å²) >= 11 is 11.8. The van der Waals surface area contributed by atoms with Crippen LogP contribution in [0, 0.1) is 5.82 Å². The lowest BCUT2D eigenvalue weighted by molar-refractivity contribution is 0.0568. The van der Waals surface area contributed by atoms with E-state index in [9.17, 15) is 9.50 Å². The van der Waals surface area contributed by atoms with Crippen molar-refractivity contribution in [3.63, 3.8) is 0 Å². The van der Waals surface area contributed by atoms with Gasteiger partial charge in [0, 0.05) is 22.0 Å². The van der Waals surface area contributed by atoms with Crippen molar-refractivity contribution in [3.05, 3.63) is 69.5 Å². The van der Waals surface area contributed by atoms with Crippen LogP contribution in [0.3, 0.4) is 0 Å². The third kappa shape index (κ3) is 3.27. The summed E-state index contributed by atoms with van der Waals surface area (Å²) in [5.74, 6) is -0.431. The van der Waals surface area contributed by atoms with Crippen LogP contribution in [0.15, 0.2) is 42.5 Å². The van der Waals surface area contributed by atoms with Gasteiger partial charge < -0.3 is 5.11 Å². The normalized spacial score (nSPS) is 14.2. The maximum absolute atomic E-state index is 13.8. The van der Waals surface area contributed by atoms with Crippen molar-refractivity contribution in [1.29, 1.82) is 0 Å². The zero-order chi connectivity index (χ0) is 14.0. The van der Waals surface area contributed by atoms with Gasteiger partial charge in [-0.3, -0.25) is 0 Å². The number of hydrogen-bond acceptors (Lipinski definition) is 1. The van der Waals surface area contributed by atoms with E-state index >= 15 is 0 Å². The third-order valence-electron chi connectivity index (χ3n) is 3.00. The first-order valence-electron chi connectivity index (χ1n) is 5.81. The molecule has 0 bridgehead atoms. The molecule has 0 saturated heterocycles. The molecule has 2 aromatic carbocycles. The molecule has 2 rings (SSSR count). The molecule has 1 nitrogen and oxygen atoms in total. The van der Waals surface area contributed by atoms with Gasteiger partial charge in [-0.1, -0.05) is 47.5 Å². The van der Waals surface area contributed by atoms with E-state index in [1.807, 2.05) is 0 Å². The van der Waals surface area contributed by atoms with E-state index in [-0.39, 0.29) is 6.42 Å². The fraction of sp³-hybridized carbons (Fsp3) is 0.200. The van der Waals surface area contributed by atoms with Gasteiger partial charge in [0.1, 0.15) is 5.82 Å². The first-order valence-corrected chi connectivity index (χ1v) is 6.57. The van der Waals surface area contributed by atoms with Crippen molar-refractivity contribution in [1.82, 2.24) is 0 Å². The molecule has 1 atom stereocenters. The first-order chi connectivity index (χ1) is 8.90. The van der Waals surface area contributed by atoms with Crippen LogP contribution in [0.4, 0.5) is 4.39 Å². The summed E-state index contributed by atoms with van der Waals surface area (Å²) in [5.41, 5.74) is -0.271. The molecule has 0 spiro atoms. The van der Waals surface area contributed by atoms with Crippen LogP contribution in [0.1, 0.15) is 18.1 Å². The van der Waals surface area contributed by atoms with Gasteiger partial charge in [0.2, 0.25) is 0 Å². The van der Waals surface area contributed by atoms with E-state index in [2.05, 4.69) is 0 Å². The summed E-state index contributed by atoms with van der Waals surface area (Å²) in [6, 6.07) is 11.4. The quantitative estimate of drug-likeness (QED) is 0.879. The molecule has 0 aromatic heterocycles. The average Bonchev–Trinajstić information content (AvgIpc) is 2.33. The maximum Gasteiger partial charge on any atom is 0.127 e. The van der Waals surface area contributed by atoms with Crippen LogP contribution >= 0.6 is 23.2 Å². The Hall–Kier alpha value is -1.09. The summed E-state index contributed by atoms with van der Waals surface area (Å²) in [4.78, 5) is 0. The number of benzene rings is 2. The van der Waals surface area contributed by atoms with Gasteiger partial charge >= 0.3 is 0 Å². The largest absolute Gasteiger partial charge is 0.385 e. The van der Waals surface area contributed by atoms with Crippen molar-refractivity contribution >= 4 is 23.2 Å². The SMILES string of the molecule is CC(O)(Cc1ccc(Cl)cc1F)c1ccccc1Cl. The number of hydrogen-bond donors (Lipinski definition) is 1. The number of rotatable bonds is 3. The molecule has 0 amide bonds. The van der Waals surface area contributed by atoms with Crippen molar-refractivity contribution in [2.45, 2.75) is 18.9 Å². The lowest BCUT2D eigenvalue weighted by atomic mass is 9.89. The highest BCUT2D eigenvalue weighted by atomic mass is 35.5. The molecule has 100 valence electrons. The Labute approximate surface area is 121 Å². The molecule has 0 heterocycles. The van der Waals surface area contributed by atoms with E-state index in [4.69, 9.17) is 23.2 Å². The third-order valence-corrected chi connectivity index (χ3v) is 3.57. The average molecular weight is 299 g/mol. The second kappa shape index (κ2) is 5.49. The standard InChI is InChI=1S/C15H13Cl2FO/c1-15(19,12-4-2-3-5-13(12)17)9-10-6-7-11(16)8-14(10)18/h2-8,19H,9H2,1H3. The van der Waals surface area contributed by atoms with E-state index in [1.54, 1.807) is 43.3 Å². The Morgan fingerprint density at radius 3 is 2.47 bits per heavy atom. The fourth-order valence-corrected chi connectivity index (χ4v) is 2.53. The van der Waals surface area contributed by atoms with Crippen LogP contribution in [0.5, 0.6) is 0 Å². The molecule has 0 aliphatic rings. The first kappa shape index (κ1) is 14.3. The van der Waals surface area contributed by atoms with Gasteiger partial charge in [0.25, 0.3) is 0 Å². The van der Waals surface area contributed by atoms with Crippen LogP contribution in [-0.4, -0.2) is 5.11 Å². The van der Waals surface area contributed by atoms with E-state index in [0.717, 1.165) is 0 Å². The van der Waals surface area contributed by atoms with Gasteiger partial charge in [-0.15, -0.1) is 0 Å². The second-order valence-electron chi connectivity index (χ2n) is 4.67. The van der Waals surface area contributed by atoms with E-state index in [1.165, 1.54) is 6.07 Å². The number of halogens is 3. The minimum atomic E-state index is -1.24. The highest BCUT2D eigenvalue weighted by Crippen LogP contribution is 2.31. The lowest BCUT2D eigenvalue weighted by Gasteiger charge is -2.25. The highest BCUT2D eigenvalue weighted by molar-refractivity contribution is 6.31. The van der Waals surface area contributed by atoms with E-state index in [0.29, 0.717) is 21.2 Å². The number of aliphatic hydroxyl groups is 1. The smallest absolute Gasteiger partial charge is 0.127 e. The molecule has 0 aliphatic heterocycles. The van der Waals surface area contributed by atoms with Crippen molar-refractivity contribution < 1.29 is 9.50 Å². The van der Waals surface area contributed by atoms with Crippen LogP contribution in [0.2, 0.25) is 10.0 Å². The van der Waals surface area contributed by atoms with Gasteiger partial charge in [0.15, 0.2) is 0 Å². The van der Waals surface area contributed by atoms with Crippen LogP contribution in [0.25, 0.3) is 0 Å². The summed E-state index contributed by atoms with van der Waals surface area (Å²) in [5, 5.41) is 11.3. The fourth-order valence-electron chi connectivity index (χ4n) is 2.03. The van der Waals surface area contributed by atoms with Crippen LogP contribution < -0.4 is 0 Å². The van der Waals surface area contributed by atoms with Crippen molar-refractivity contribution in [2.24, 2.45) is 0 Å². The molecule has 0 aliphatic carbocycles. The molecule has 19 heavy (non-hydrogen) atoms. The molecule has 0 saturated carbocycles. The Morgan fingerprint density at radius 1 is 1.16 bits per heavy atom. The predicted molar refractivity (Wildman–Crippen MR) is 76.1 cm³/mol. The predicted octanol–water partition coefficient (Wildman–Crippen LogP) is 4.58. The van der Waals surface area contributed by atoms with Gasteiger partial charge in [-0.25, -0.2) is 4.39 Å². The Bertz CT molecular complexity index is 596. The lowest BCUT2D eigenvalue weighted by Crippen LogP contribution is -2.25. The Kier molecular flexibility index (Phi) is 4.14. The van der Waals surface area contributed by atoms with Crippen LogP contribution in [-0.2, 0) is 12.0 Å². The minimum Gasteiger partial charge on any atom is -0.385 e. The van der Waals surface area contributed by atoms with Crippen molar-refractivity contribution in [3.8, 4) is 0 Å². The maximum atomic E-state index is 13.8. The van der Waals surface area contributed by atoms with Crippen molar-refractivity contribution in [2.75, 3.05) is 0 Å². The Morgan fingerprint density at radius 2 is 1.84 bits per heavy atom. The molecular formula is C15H13Cl2FO. The molecule has 0 fully saturated rings. The topological polar surface area (TPSA) is 20.2 Å². The molecule has 1 N–H and O–H groups in total. The molecular weight excluding hydrogens is 286 g/mol. The summed E-state index contributed by atoms with van der Waals surface area (Å²) in [6.45, 7) is 1.61. The zero-order valence-electron chi connectivity index (χ0n) is 10.3. The Balaban J connectivity index is 2.33.